The van der Waals surface area contributed by atoms with Crippen molar-refractivity contribution in [2.45, 2.75) is 76.4 Å². The van der Waals surface area contributed by atoms with Gasteiger partial charge in [-0.2, -0.15) is 0 Å². The van der Waals surface area contributed by atoms with Crippen LogP contribution in [-0.2, 0) is 6.42 Å². The van der Waals surface area contributed by atoms with Gasteiger partial charge in [-0.05, 0) is 51.3 Å². The summed E-state index contributed by atoms with van der Waals surface area (Å²) in [5.41, 5.74) is 7.44. The number of nitrogens with zero attached hydrogens (tertiary/aromatic N) is 4. The van der Waals surface area contributed by atoms with E-state index in [1.165, 1.54) is 19.3 Å². The number of hydrogen-bond donors (Lipinski definition) is 1. The van der Waals surface area contributed by atoms with Crippen molar-refractivity contribution in [3.63, 3.8) is 0 Å². The van der Waals surface area contributed by atoms with Crippen LogP contribution in [0.1, 0.15) is 57.8 Å². The van der Waals surface area contributed by atoms with Gasteiger partial charge in [0.25, 0.3) is 0 Å². The lowest BCUT2D eigenvalue weighted by Crippen LogP contribution is -2.57. The normalized spacial score (nSPS) is 24.4. The number of hydrogen-bond acceptors (Lipinski definition) is 5. The van der Waals surface area contributed by atoms with Gasteiger partial charge in [0.2, 0.25) is 11.8 Å². The molecule has 3 heterocycles. The Labute approximate surface area is 172 Å². The lowest BCUT2D eigenvalue weighted by atomic mass is 9.81. The quantitative estimate of drug-likeness (QED) is 0.796. The highest BCUT2D eigenvalue weighted by Crippen LogP contribution is 2.39. The van der Waals surface area contributed by atoms with E-state index in [1.54, 1.807) is 4.90 Å². The number of carbonyl (C=O) groups excluding carboxylic acids is 1. The molecule has 2 fully saturated rings. The van der Waals surface area contributed by atoms with Gasteiger partial charge in [-0.1, -0.05) is 31.9 Å². The van der Waals surface area contributed by atoms with Gasteiger partial charge in [0, 0.05) is 24.5 Å². The van der Waals surface area contributed by atoms with Crippen LogP contribution in [0, 0.1) is 0 Å². The molecule has 0 saturated carbocycles. The molecule has 7 heteroatoms. The summed E-state index contributed by atoms with van der Waals surface area (Å²) in [6, 6.07) is 8.40. The highest BCUT2D eigenvalue weighted by Gasteiger charge is 2.40. The molecular weight excluding hydrogens is 366 g/mol. The summed E-state index contributed by atoms with van der Waals surface area (Å²) in [4.78, 5) is 16.9. The van der Waals surface area contributed by atoms with E-state index in [-0.39, 0.29) is 6.04 Å². The molecule has 156 valence electrons. The number of amides is 2. The van der Waals surface area contributed by atoms with E-state index in [1.807, 2.05) is 24.3 Å². The summed E-state index contributed by atoms with van der Waals surface area (Å²) in [6.07, 6.45) is 8.36. The third-order valence-corrected chi connectivity index (χ3v) is 6.52. The number of para-hydroxylation sites is 1. The summed E-state index contributed by atoms with van der Waals surface area (Å²) < 4.78 is 5.91. The molecule has 2 amide bonds. The largest absolute Gasteiger partial charge is 0.421 e. The molecule has 2 N–H and O–H groups in total. The zero-order chi connectivity index (χ0) is 20.4. The minimum atomic E-state index is -0.421. The van der Waals surface area contributed by atoms with E-state index in [0.29, 0.717) is 23.9 Å². The summed E-state index contributed by atoms with van der Waals surface area (Å²) in [5, 5.41) is 8.44. The number of urea groups is 1. The number of aromatic nitrogens is 2. The number of fused-ring (bicyclic) bond motifs is 2. The van der Waals surface area contributed by atoms with Gasteiger partial charge in [0.1, 0.15) is 0 Å². The Hall–Kier alpha value is -2.41. The number of carbonyl (C=O) groups is 1. The fourth-order valence-corrected chi connectivity index (χ4v) is 4.95. The van der Waals surface area contributed by atoms with Crippen molar-refractivity contribution in [3.8, 4) is 11.5 Å². The van der Waals surface area contributed by atoms with Gasteiger partial charge >= 0.3 is 6.03 Å². The lowest BCUT2D eigenvalue weighted by Gasteiger charge is -2.49. The maximum absolute atomic E-state index is 12.6. The van der Waals surface area contributed by atoms with Crippen LogP contribution in [0.25, 0.3) is 11.5 Å². The van der Waals surface area contributed by atoms with Crippen molar-refractivity contribution in [1.82, 2.24) is 15.1 Å². The van der Waals surface area contributed by atoms with Crippen molar-refractivity contribution < 1.29 is 9.21 Å². The SMILES string of the molecule is CCCCc1nnc(-c2ccccc2N(C(N)=O)[C@H]2C[C@H]3CCC[C@@H](C2)N3C)o1. The second kappa shape index (κ2) is 8.53. The Bertz CT molecular complexity index is 837. The van der Waals surface area contributed by atoms with Crippen molar-refractivity contribution >= 4 is 11.7 Å². The number of anilines is 1. The maximum atomic E-state index is 12.6. The number of primary amides is 1. The first-order chi connectivity index (χ1) is 14.1. The van der Waals surface area contributed by atoms with Gasteiger partial charge < -0.3 is 15.1 Å². The van der Waals surface area contributed by atoms with Crippen molar-refractivity contribution in [1.29, 1.82) is 0 Å². The Kier molecular flexibility index (Phi) is 5.85. The van der Waals surface area contributed by atoms with E-state index in [2.05, 4.69) is 29.1 Å². The molecule has 0 radical (unpaired) electrons. The van der Waals surface area contributed by atoms with Crippen LogP contribution < -0.4 is 10.6 Å². The molecule has 2 aliphatic heterocycles. The molecule has 2 aromatic rings. The molecule has 0 aliphatic carbocycles. The molecule has 4 rings (SSSR count). The minimum Gasteiger partial charge on any atom is -0.421 e. The van der Waals surface area contributed by atoms with Crippen molar-refractivity contribution in [2.75, 3.05) is 11.9 Å². The Morgan fingerprint density at radius 2 is 1.97 bits per heavy atom. The predicted octanol–water partition coefficient (Wildman–Crippen LogP) is 3.98. The molecule has 7 nitrogen and oxygen atoms in total. The molecular formula is C22H31N5O2. The molecule has 0 spiro atoms. The second-order valence-corrected chi connectivity index (χ2v) is 8.36. The Balaban J connectivity index is 1.65. The Morgan fingerprint density at radius 1 is 1.24 bits per heavy atom. The zero-order valence-electron chi connectivity index (χ0n) is 17.4. The average Bonchev–Trinajstić information content (AvgIpc) is 3.16. The average molecular weight is 398 g/mol. The fraction of sp³-hybridized carbons (Fsp3) is 0.591. The third kappa shape index (κ3) is 4.01. The topological polar surface area (TPSA) is 88.5 Å². The van der Waals surface area contributed by atoms with Gasteiger partial charge in [0.05, 0.1) is 11.3 Å². The zero-order valence-corrected chi connectivity index (χ0v) is 17.4. The van der Waals surface area contributed by atoms with Gasteiger partial charge in [-0.3, -0.25) is 4.90 Å². The lowest BCUT2D eigenvalue weighted by molar-refractivity contribution is 0.0564. The number of aryl methyl sites for hydroxylation is 1. The first kappa shape index (κ1) is 19.9. The van der Waals surface area contributed by atoms with Crippen LogP contribution in [0.5, 0.6) is 0 Å². The Morgan fingerprint density at radius 3 is 2.66 bits per heavy atom. The predicted molar refractivity (Wildman–Crippen MR) is 113 cm³/mol. The molecule has 1 aromatic carbocycles. The number of piperidine rings is 2. The summed E-state index contributed by atoms with van der Waals surface area (Å²) in [6.45, 7) is 2.13. The fourth-order valence-electron chi connectivity index (χ4n) is 4.95. The molecule has 2 saturated heterocycles. The number of benzene rings is 1. The summed E-state index contributed by atoms with van der Waals surface area (Å²) in [5.74, 6) is 1.09. The van der Waals surface area contributed by atoms with E-state index in [4.69, 9.17) is 10.2 Å². The molecule has 1 aromatic heterocycles. The van der Waals surface area contributed by atoms with Gasteiger partial charge in [0.15, 0.2) is 0 Å². The third-order valence-electron chi connectivity index (χ3n) is 6.52. The highest BCUT2D eigenvalue weighted by atomic mass is 16.4. The molecule has 2 aliphatic rings. The first-order valence-electron chi connectivity index (χ1n) is 10.8. The highest BCUT2D eigenvalue weighted by molar-refractivity contribution is 5.95. The molecule has 29 heavy (non-hydrogen) atoms. The smallest absolute Gasteiger partial charge is 0.319 e. The van der Waals surface area contributed by atoms with Crippen LogP contribution in [0.3, 0.4) is 0 Å². The van der Waals surface area contributed by atoms with Gasteiger partial charge in [-0.25, -0.2) is 4.79 Å². The molecule has 3 atom stereocenters. The van der Waals surface area contributed by atoms with E-state index >= 15 is 0 Å². The van der Waals surface area contributed by atoms with Crippen molar-refractivity contribution in [2.24, 2.45) is 5.73 Å². The number of unbranched alkanes of at least 4 members (excludes halogenated alkanes) is 1. The van der Waals surface area contributed by atoms with E-state index in [0.717, 1.165) is 43.4 Å². The van der Waals surface area contributed by atoms with E-state index < -0.39 is 6.03 Å². The van der Waals surface area contributed by atoms with E-state index in [9.17, 15) is 4.79 Å². The molecule has 2 bridgehead atoms. The standard InChI is InChI=1S/C22H31N5O2/c1-3-4-12-20-24-25-21(29-20)18-10-5-6-11-19(18)27(22(23)28)17-13-15-8-7-9-16(14-17)26(15)2/h5-6,10-11,15-17H,3-4,7-9,12-14H2,1-2H3,(H2,23,28)/t15-,16+,17+. The van der Waals surface area contributed by atoms with Crippen molar-refractivity contribution in [3.05, 3.63) is 30.2 Å². The summed E-state index contributed by atoms with van der Waals surface area (Å²) >= 11 is 0. The van der Waals surface area contributed by atoms with Crippen LogP contribution in [0.2, 0.25) is 0 Å². The first-order valence-corrected chi connectivity index (χ1v) is 10.8. The maximum Gasteiger partial charge on any atom is 0.319 e. The van der Waals surface area contributed by atoms with Crippen LogP contribution in [-0.4, -0.2) is 46.3 Å². The monoisotopic (exact) mass is 397 g/mol. The van der Waals surface area contributed by atoms with Crippen LogP contribution >= 0.6 is 0 Å². The number of rotatable bonds is 6. The van der Waals surface area contributed by atoms with Crippen LogP contribution in [0.4, 0.5) is 10.5 Å². The summed E-state index contributed by atoms with van der Waals surface area (Å²) in [7, 11) is 2.21. The molecule has 0 unspecified atom stereocenters. The minimum absolute atomic E-state index is 0.0858. The number of nitrogens with two attached hydrogens (primary N) is 1. The van der Waals surface area contributed by atoms with Crippen LogP contribution in [0.15, 0.2) is 28.7 Å². The van der Waals surface area contributed by atoms with Gasteiger partial charge in [-0.15, -0.1) is 10.2 Å². The second-order valence-electron chi connectivity index (χ2n) is 8.36.